The fraction of sp³-hybridized carbons (Fsp3) is 0.500. The zero-order valence-corrected chi connectivity index (χ0v) is 11.7. The number of nitrogen functional groups attached to an aromatic ring is 1. The zero-order chi connectivity index (χ0) is 12.1. The Morgan fingerprint density at radius 1 is 1.44 bits per heavy atom. The Balaban J connectivity index is 2.45. The van der Waals surface area contributed by atoms with Crippen molar-refractivity contribution in [3.8, 4) is 0 Å². The lowest BCUT2D eigenvalue weighted by Crippen LogP contribution is -2.31. The van der Waals surface area contributed by atoms with Gasteiger partial charge < -0.3 is 16.0 Å². The predicted molar refractivity (Wildman–Crippen MR) is 74.8 cm³/mol. The minimum Gasteiger partial charge on any atom is -0.397 e. The summed E-state index contributed by atoms with van der Waals surface area (Å²) in [5, 5.41) is 3.34. The third kappa shape index (κ3) is 4.02. The van der Waals surface area contributed by atoms with E-state index in [0.29, 0.717) is 6.04 Å². The first kappa shape index (κ1) is 13.3. The number of likely N-dealkylation sites (N-methyl/N-ethyl adjacent to an activating group) is 1. The largest absolute Gasteiger partial charge is 0.397 e. The van der Waals surface area contributed by atoms with Crippen molar-refractivity contribution in [3.63, 3.8) is 0 Å². The van der Waals surface area contributed by atoms with Crippen molar-refractivity contribution in [2.24, 2.45) is 0 Å². The summed E-state index contributed by atoms with van der Waals surface area (Å²) in [5.41, 5.74) is 7.65. The Bertz CT molecular complexity index is 339. The average Bonchev–Trinajstić information content (AvgIpc) is 2.22. The van der Waals surface area contributed by atoms with Gasteiger partial charge in [-0.25, -0.2) is 0 Å². The summed E-state index contributed by atoms with van der Waals surface area (Å²) in [7, 11) is 2.12. The number of nitrogens with zero attached hydrogens (tertiary/aromatic N) is 1. The molecule has 3 N–H and O–H groups in total. The molecule has 0 saturated carbocycles. The molecular formula is C12H20BrN3. The Morgan fingerprint density at radius 3 is 2.75 bits per heavy atom. The number of anilines is 2. The number of halogens is 1. The van der Waals surface area contributed by atoms with Crippen LogP contribution in [0.3, 0.4) is 0 Å². The van der Waals surface area contributed by atoms with Crippen LogP contribution in [0.4, 0.5) is 11.4 Å². The van der Waals surface area contributed by atoms with Crippen LogP contribution in [0.5, 0.6) is 0 Å². The summed E-state index contributed by atoms with van der Waals surface area (Å²) in [6.45, 7) is 6.28. The van der Waals surface area contributed by atoms with Crippen molar-refractivity contribution < 1.29 is 0 Å². The predicted octanol–water partition coefficient (Wildman–Crippen LogP) is 2.78. The van der Waals surface area contributed by atoms with E-state index in [1.807, 2.05) is 18.2 Å². The maximum absolute atomic E-state index is 5.87. The molecular weight excluding hydrogens is 266 g/mol. The van der Waals surface area contributed by atoms with Crippen LogP contribution < -0.4 is 11.1 Å². The first-order valence-corrected chi connectivity index (χ1v) is 6.29. The molecule has 16 heavy (non-hydrogen) atoms. The lowest BCUT2D eigenvalue weighted by molar-refractivity contribution is 0.284. The molecule has 0 bridgehead atoms. The first-order valence-electron chi connectivity index (χ1n) is 5.50. The fourth-order valence-electron chi connectivity index (χ4n) is 1.31. The topological polar surface area (TPSA) is 41.3 Å². The summed E-state index contributed by atoms with van der Waals surface area (Å²) in [5.74, 6) is 0. The molecule has 90 valence electrons. The lowest BCUT2D eigenvalue weighted by atomic mass is 10.2. The van der Waals surface area contributed by atoms with Crippen molar-refractivity contribution in [3.05, 3.63) is 22.7 Å². The van der Waals surface area contributed by atoms with E-state index in [2.05, 4.69) is 47.0 Å². The molecule has 3 nitrogen and oxygen atoms in total. The minimum atomic E-state index is 0.571. The molecule has 0 aliphatic heterocycles. The summed E-state index contributed by atoms with van der Waals surface area (Å²) in [6, 6.07) is 6.42. The molecule has 0 atom stereocenters. The van der Waals surface area contributed by atoms with Crippen LogP contribution in [0.25, 0.3) is 0 Å². The van der Waals surface area contributed by atoms with Crippen LogP contribution >= 0.6 is 15.9 Å². The zero-order valence-electron chi connectivity index (χ0n) is 10.1. The normalized spacial score (nSPS) is 11.1. The summed E-state index contributed by atoms with van der Waals surface area (Å²) < 4.78 is 1.04. The van der Waals surface area contributed by atoms with Crippen LogP contribution in [0, 0.1) is 0 Å². The van der Waals surface area contributed by atoms with Gasteiger partial charge in [0.05, 0.1) is 11.4 Å². The highest BCUT2D eigenvalue weighted by Crippen LogP contribution is 2.22. The quantitative estimate of drug-likeness (QED) is 0.818. The van der Waals surface area contributed by atoms with Gasteiger partial charge in [-0.1, -0.05) is 15.9 Å². The van der Waals surface area contributed by atoms with E-state index in [-0.39, 0.29) is 0 Å². The second-order valence-electron chi connectivity index (χ2n) is 4.23. The summed E-state index contributed by atoms with van der Waals surface area (Å²) in [4.78, 5) is 2.29. The van der Waals surface area contributed by atoms with Gasteiger partial charge >= 0.3 is 0 Å². The molecule has 0 heterocycles. The van der Waals surface area contributed by atoms with E-state index in [1.165, 1.54) is 0 Å². The van der Waals surface area contributed by atoms with Gasteiger partial charge in [0.2, 0.25) is 0 Å². The Morgan fingerprint density at radius 2 is 2.12 bits per heavy atom. The maximum atomic E-state index is 5.87. The van der Waals surface area contributed by atoms with Crippen LogP contribution in [0.15, 0.2) is 22.7 Å². The van der Waals surface area contributed by atoms with Crippen molar-refractivity contribution in [1.29, 1.82) is 0 Å². The van der Waals surface area contributed by atoms with Crippen LogP contribution in [0.1, 0.15) is 13.8 Å². The summed E-state index contributed by atoms with van der Waals surface area (Å²) >= 11 is 3.43. The molecule has 0 radical (unpaired) electrons. The Kier molecular flexibility index (Phi) is 5.09. The van der Waals surface area contributed by atoms with E-state index in [4.69, 9.17) is 5.73 Å². The fourth-order valence-corrected chi connectivity index (χ4v) is 1.67. The summed E-state index contributed by atoms with van der Waals surface area (Å²) in [6.07, 6.45) is 0. The molecule has 1 aromatic rings. The van der Waals surface area contributed by atoms with Crippen LogP contribution in [-0.2, 0) is 0 Å². The molecule has 1 aromatic carbocycles. The molecule has 0 aliphatic carbocycles. The molecule has 0 unspecified atom stereocenters. The van der Waals surface area contributed by atoms with Crippen molar-refractivity contribution in [2.45, 2.75) is 19.9 Å². The number of nitrogens with two attached hydrogens (primary N) is 1. The molecule has 0 fully saturated rings. The number of benzene rings is 1. The van der Waals surface area contributed by atoms with Gasteiger partial charge in [-0.3, -0.25) is 0 Å². The van der Waals surface area contributed by atoms with E-state index < -0.39 is 0 Å². The van der Waals surface area contributed by atoms with Gasteiger partial charge in [0.1, 0.15) is 0 Å². The van der Waals surface area contributed by atoms with Gasteiger partial charge in [-0.15, -0.1) is 0 Å². The van der Waals surface area contributed by atoms with Gasteiger partial charge in [0.25, 0.3) is 0 Å². The van der Waals surface area contributed by atoms with Gasteiger partial charge in [0, 0.05) is 23.6 Å². The van der Waals surface area contributed by atoms with E-state index in [0.717, 1.165) is 28.9 Å². The first-order chi connectivity index (χ1) is 7.50. The Labute approximate surface area is 106 Å². The van der Waals surface area contributed by atoms with Gasteiger partial charge in [-0.05, 0) is 39.1 Å². The van der Waals surface area contributed by atoms with Gasteiger partial charge in [0.15, 0.2) is 0 Å². The molecule has 0 amide bonds. The van der Waals surface area contributed by atoms with E-state index in [1.54, 1.807) is 0 Å². The van der Waals surface area contributed by atoms with E-state index >= 15 is 0 Å². The molecule has 1 rings (SSSR count). The van der Waals surface area contributed by atoms with Crippen molar-refractivity contribution in [2.75, 3.05) is 31.2 Å². The highest BCUT2D eigenvalue weighted by molar-refractivity contribution is 9.10. The molecule has 0 aliphatic rings. The molecule has 0 saturated heterocycles. The standard InChI is InChI=1S/C12H20BrN3/c1-9(2)16(3)7-6-15-12-8-10(13)4-5-11(12)14/h4-5,8-9,15H,6-7,14H2,1-3H3. The number of rotatable bonds is 5. The second-order valence-corrected chi connectivity index (χ2v) is 5.15. The molecule has 4 heteroatoms. The van der Waals surface area contributed by atoms with E-state index in [9.17, 15) is 0 Å². The number of hydrogen-bond acceptors (Lipinski definition) is 3. The molecule has 0 spiro atoms. The second kappa shape index (κ2) is 6.11. The third-order valence-electron chi connectivity index (χ3n) is 2.68. The van der Waals surface area contributed by atoms with Gasteiger partial charge in [-0.2, -0.15) is 0 Å². The van der Waals surface area contributed by atoms with Crippen LogP contribution in [0.2, 0.25) is 0 Å². The van der Waals surface area contributed by atoms with Crippen molar-refractivity contribution >= 4 is 27.3 Å². The number of hydrogen-bond donors (Lipinski definition) is 2. The third-order valence-corrected chi connectivity index (χ3v) is 3.17. The monoisotopic (exact) mass is 285 g/mol. The SMILES string of the molecule is CC(C)N(C)CCNc1cc(Br)ccc1N. The maximum Gasteiger partial charge on any atom is 0.0585 e. The average molecular weight is 286 g/mol. The number of nitrogens with one attached hydrogen (secondary N) is 1. The lowest BCUT2D eigenvalue weighted by Gasteiger charge is -2.21. The smallest absolute Gasteiger partial charge is 0.0585 e. The Hall–Kier alpha value is -0.740. The minimum absolute atomic E-state index is 0.571. The highest BCUT2D eigenvalue weighted by Gasteiger charge is 2.03. The highest BCUT2D eigenvalue weighted by atomic mass is 79.9. The van der Waals surface area contributed by atoms with Crippen molar-refractivity contribution in [1.82, 2.24) is 4.90 Å². The molecule has 0 aromatic heterocycles. The van der Waals surface area contributed by atoms with Crippen LogP contribution in [-0.4, -0.2) is 31.1 Å².